The van der Waals surface area contributed by atoms with E-state index in [4.69, 9.17) is 14.2 Å². The summed E-state index contributed by atoms with van der Waals surface area (Å²) >= 11 is 0. The Labute approximate surface area is 195 Å². The Bertz CT molecular complexity index is 979. The van der Waals surface area contributed by atoms with E-state index in [9.17, 15) is 13.2 Å². The summed E-state index contributed by atoms with van der Waals surface area (Å²) in [6, 6.07) is 14.5. The Balaban J connectivity index is 1.48. The SMILES string of the molecule is CCCCOc1ccc(NC(=O)OC(CC)Oc2ccc(N3CCS(=O)(=O)CC3)cc2)cc1. The number of benzene rings is 2. The van der Waals surface area contributed by atoms with E-state index in [0.29, 0.717) is 37.6 Å². The minimum Gasteiger partial charge on any atom is -0.494 e. The van der Waals surface area contributed by atoms with Gasteiger partial charge in [0.1, 0.15) is 11.5 Å². The van der Waals surface area contributed by atoms with Crippen LogP contribution in [0.4, 0.5) is 16.2 Å². The molecule has 1 heterocycles. The summed E-state index contributed by atoms with van der Waals surface area (Å²) in [4.78, 5) is 14.3. The molecule has 0 aromatic heterocycles. The molecule has 2 aromatic rings. The van der Waals surface area contributed by atoms with Crippen LogP contribution in [0.3, 0.4) is 0 Å². The summed E-state index contributed by atoms with van der Waals surface area (Å²) < 4.78 is 40.0. The zero-order chi connectivity index (χ0) is 23.7. The van der Waals surface area contributed by atoms with E-state index in [-0.39, 0.29) is 11.5 Å². The smallest absolute Gasteiger partial charge is 0.414 e. The summed E-state index contributed by atoms with van der Waals surface area (Å²) in [7, 11) is -2.92. The molecule has 0 spiro atoms. The maximum Gasteiger partial charge on any atom is 0.414 e. The molecule has 1 saturated heterocycles. The number of ether oxygens (including phenoxy) is 3. The molecule has 1 aliphatic rings. The highest BCUT2D eigenvalue weighted by molar-refractivity contribution is 7.91. The number of anilines is 2. The molecule has 3 rings (SSSR count). The van der Waals surface area contributed by atoms with Crippen molar-refractivity contribution in [3.63, 3.8) is 0 Å². The van der Waals surface area contributed by atoms with Gasteiger partial charge >= 0.3 is 6.09 Å². The number of nitrogens with one attached hydrogen (secondary N) is 1. The van der Waals surface area contributed by atoms with Gasteiger partial charge in [0.2, 0.25) is 6.29 Å². The van der Waals surface area contributed by atoms with Crippen LogP contribution in [0.15, 0.2) is 48.5 Å². The van der Waals surface area contributed by atoms with E-state index in [1.807, 2.05) is 24.0 Å². The van der Waals surface area contributed by atoms with Gasteiger partial charge in [0.05, 0.1) is 18.1 Å². The van der Waals surface area contributed by atoms with Crippen molar-refractivity contribution in [1.82, 2.24) is 0 Å². The van der Waals surface area contributed by atoms with Crippen LogP contribution in [0.2, 0.25) is 0 Å². The van der Waals surface area contributed by atoms with E-state index >= 15 is 0 Å². The lowest BCUT2D eigenvalue weighted by Gasteiger charge is -2.29. The number of amides is 1. The van der Waals surface area contributed by atoms with Gasteiger partial charge in [-0.1, -0.05) is 20.3 Å². The Morgan fingerprint density at radius 1 is 1.00 bits per heavy atom. The van der Waals surface area contributed by atoms with E-state index < -0.39 is 22.2 Å². The van der Waals surface area contributed by atoms with Crippen LogP contribution >= 0.6 is 0 Å². The highest BCUT2D eigenvalue weighted by atomic mass is 32.2. The van der Waals surface area contributed by atoms with E-state index in [1.54, 1.807) is 36.4 Å². The Hall–Kier alpha value is -2.94. The summed E-state index contributed by atoms with van der Waals surface area (Å²) in [5, 5.41) is 2.69. The first-order chi connectivity index (χ1) is 15.9. The fourth-order valence-corrected chi connectivity index (χ4v) is 4.49. The van der Waals surface area contributed by atoms with Gasteiger partial charge in [-0.25, -0.2) is 13.2 Å². The molecule has 180 valence electrons. The van der Waals surface area contributed by atoms with Crippen LogP contribution in [0.5, 0.6) is 11.5 Å². The number of hydrogen-bond donors (Lipinski definition) is 1. The normalized spacial score (nSPS) is 16.0. The Morgan fingerprint density at radius 3 is 2.24 bits per heavy atom. The third-order valence-electron chi connectivity index (χ3n) is 5.25. The average molecular weight is 477 g/mol. The molecule has 1 amide bonds. The summed E-state index contributed by atoms with van der Waals surface area (Å²) in [5.74, 6) is 1.66. The lowest BCUT2D eigenvalue weighted by atomic mass is 10.2. The fourth-order valence-electron chi connectivity index (χ4n) is 3.28. The van der Waals surface area contributed by atoms with Gasteiger partial charge in [0.15, 0.2) is 9.84 Å². The van der Waals surface area contributed by atoms with Crippen LogP contribution < -0.4 is 19.7 Å². The van der Waals surface area contributed by atoms with E-state index in [2.05, 4.69) is 12.2 Å². The number of hydrogen-bond acceptors (Lipinski definition) is 7. The third-order valence-corrected chi connectivity index (χ3v) is 6.86. The highest BCUT2D eigenvalue weighted by Crippen LogP contribution is 2.23. The molecule has 33 heavy (non-hydrogen) atoms. The summed E-state index contributed by atoms with van der Waals surface area (Å²) in [6.45, 7) is 5.60. The average Bonchev–Trinajstić information content (AvgIpc) is 2.80. The zero-order valence-corrected chi connectivity index (χ0v) is 20.0. The maximum absolute atomic E-state index is 12.3. The van der Waals surface area contributed by atoms with Gasteiger partial charge in [-0.05, 0) is 55.0 Å². The first-order valence-corrected chi connectivity index (χ1v) is 13.1. The van der Waals surface area contributed by atoms with Crippen LogP contribution in [0.25, 0.3) is 0 Å². The molecule has 9 heteroatoms. The van der Waals surface area contributed by atoms with Crippen LogP contribution in [0.1, 0.15) is 33.1 Å². The van der Waals surface area contributed by atoms with Crippen LogP contribution in [-0.2, 0) is 14.6 Å². The predicted molar refractivity (Wildman–Crippen MR) is 129 cm³/mol. The monoisotopic (exact) mass is 476 g/mol. The fraction of sp³-hybridized carbons (Fsp3) is 0.458. The summed E-state index contributed by atoms with van der Waals surface area (Å²) in [6.07, 6.45) is 1.20. The molecular weight excluding hydrogens is 444 g/mol. The van der Waals surface area contributed by atoms with Gasteiger partial charge < -0.3 is 19.1 Å². The molecule has 1 aliphatic heterocycles. The van der Waals surface area contributed by atoms with Crippen molar-refractivity contribution in [3.05, 3.63) is 48.5 Å². The number of nitrogens with zero attached hydrogens (tertiary/aromatic N) is 1. The standard InChI is InChI=1S/C24H32N2O6S/c1-3-5-16-30-21-10-6-19(7-11-21)25-24(27)32-23(4-2)31-22-12-8-20(9-13-22)26-14-17-33(28,29)18-15-26/h6-13,23H,3-5,14-18H2,1-2H3,(H,25,27). The molecule has 0 saturated carbocycles. The van der Waals surface area contributed by atoms with Gasteiger partial charge in [-0.3, -0.25) is 5.32 Å². The first-order valence-electron chi connectivity index (χ1n) is 11.3. The second-order valence-corrected chi connectivity index (χ2v) is 10.1. The number of sulfone groups is 1. The van der Waals surface area contributed by atoms with Crippen molar-refractivity contribution in [2.75, 3.05) is 41.4 Å². The maximum atomic E-state index is 12.3. The molecular formula is C24H32N2O6S. The van der Waals surface area contributed by atoms with Crippen molar-refractivity contribution >= 4 is 27.3 Å². The third kappa shape index (κ3) is 7.85. The number of rotatable bonds is 10. The molecule has 1 unspecified atom stereocenters. The van der Waals surface area contributed by atoms with Gasteiger partial charge in [0.25, 0.3) is 0 Å². The quantitative estimate of drug-likeness (QED) is 0.399. The van der Waals surface area contributed by atoms with Gasteiger partial charge in [-0.15, -0.1) is 0 Å². The van der Waals surface area contributed by atoms with Crippen molar-refractivity contribution < 1.29 is 27.4 Å². The van der Waals surface area contributed by atoms with Crippen molar-refractivity contribution in [1.29, 1.82) is 0 Å². The van der Waals surface area contributed by atoms with Crippen LogP contribution in [-0.4, -0.2) is 52.0 Å². The minimum absolute atomic E-state index is 0.167. The lowest BCUT2D eigenvalue weighted by molar-refractivity contribution is -0.0282. The lowest BCUT2D eigenvalue weighted by Crippen LogP contribution is -2.40. The molecule has 1 atom stereocenters. The first kappa shape index (κ1) is 24.7. The molecule has 1 N–H and O–H groups in total. The predicted octanol–water partition coefficient (Wildman–Crippen LogP) is 4.46. The van der Waals surface area contributed by atoms with Gasteiger partial charge in [0, 0.05) is 30.9 Å². The molecule has 0 aliphatic carbocycles. The van der Waals surface area contributed by atoms with Crippen molar-refractivity contribution in [3.8, 4) is 11.5 Å². The van der Waals surface area contributed by atoms with Crippen molar-refractivity contribution in [2.24, 2.45) is 0 Å². The molecule has 1 fully saturated rings. The molecule has 0 bridgehead atoms. The highest BCUT2D eigenvalue weighted by Gasteiger charge is 2.22. The largest absolute Gasteiger partial charge is 0.494 e. The van der Waals surface area contributed by atoms with E-state index in [0.717, 1.165) is 24.3 Å². The minimum atomic E-state index is -2.92. The van der Waals surface area contributed by atoms with E-state index in [1.165, 1.54) is 0 Å². The molecule has 8 nitrogen and oxygen atoms in total. The second-order valence-electron chi connectivity index (χ2n) is 7.85. The Morgan fingerprint density at radius 2 is 1.64 bits per heavy atom. The van der Waals surface area contributed by atoms with Crippen molar-refractivity contribution in [2.45, 2.75) is 39.4 Å². The van der Waals surface area contributed by atoms with Gasteiger partial charge in [-0.2, -0.15) is 0 Å². The summed E-state index contributed by atoms with van der Waals surface area (Å²) in [5.41, 5.74) is 1.54. The number of unbranched alkanes of at least 4 members (excludes halogenated alkanes) is 1. The molecule has 2 aromatic carbocycles. The zero-order valence-electron chi connectivity index (χ0n) is 19.2. The van der Waals surface area contributed by atoms with Crippen LogP contribution in [0, 0.1) is 0 Å². The Kier molecular flexibility index (Phi) is 8.82. The second kappa shape index (κ2) is 11.8. The molecule has 0 radical (unpaired) electrons. The topological polar surface area (TPSA) is 94.2 Å². The number of carbonyl (C=O) groups excluding carboxylic acids is 1. The number of carbonyl (C=O) groups is 1.